The number of primary amides is 1. The van der Waals surface area contributed by atoms with Crippen molar-refractivity contribution >= 4 is 5.91 Å². The summed E-state index contributed by atoms with van der Waals surface area (Å²) in [7, 11) is 0. The molecule has 1 aliphatic heterocycles. The number of amides is 1. The first kappa shape index (κ1) is 15.8. The number of nitrogens with two attached hydrogens (primary N) is 1. The molecular formula is C16H24N2O3. The smallest absolute Gasteiger partial charge is 0.248 e. The van der Waals surface area contributed by atoms with Crippen LogP contribution in [0.4, 0.5) is 0 Å². The molecule has 5 nitrogen and oxygen atoms in total. The maximum Gasteiger partial charge on any atom is 0.248 e. The Labute approximate surface area is 126 Å². The van der Waals surface area contributed by atoms with Crippen molar-refractivity contribution in [1.82, 2.24) is 4.90 Å². The van der Waals surface area contributed by atoms with Gasteiger partial charge < -0.3 is 20.1 Å². The largest absolute Gasteiger partial charge is 0.494 e. The summed E-state index contributed by atoms with van der Waals surface area (Å²) >= 11 is 0. The van der Waals surface area contributed by atoms with E-state index in [-0.39, 0.29) is 0 Å². The highest BCUT2D eigenvalue weighted by atomic mass is 16.5. The van der Waals surface area contributed by atoms with E-state index in [0.29, 0.717) is 18.3 Å². The molecule has 0 bridgehead atoms. The van der Waals surface area contributed by atoms with E-state index in [0.717, 1.165) is 44.8 Å². The van der Waals surface area contributed by atoms with Crippen molar-refractivity contribution in [2.24, 2.45) is 5.73 Å². The van der Waals surface area contributed by atoms with Crippen LogP contribution < -0.4 is 10.5 Å². The molecule has 0 aliphatic carbocycles. The van der Waals surface area contributed by atoms with Crippen molar-refractivity contribution in [1.29, 1.82) is 0 Å². The lowest BCUT2D eigenvalue weighted by Gasteiger charge is -2.21. The number of nitrogens with zero attached hydrogens (tertiary/aromatic N) is 1. The van der Waals surface area contributed by atoms with Crippen LogP contribution in [0.2, 0.25) is 0 Å². The number of carbonyl (C=O) groups is 1. The summed E-state index contributed by atoms with van der Waals surface area (Å²) in [5, 5.41) is 0. The molecule has 2 N–H and O–H groups in total. The van der Waals surface area contributed by atoms with Crippen LogP contribution in [-0.2, 0) is 4.74 Å². The average molecular weight is 292 g/mol. The van der Waals surface area contributed by atoms with Crippen LogP contribution in [-0.4, -0.2) is 49.8 Å². The fraction of sp³-hybridized carbons (Fsp3) is 0.562. The molecule has 0 saturated carbocycles. The van der Waals surface area contributed by atoms with Crippen molar-refractivity contribution in [3.63, 3.8) is 0 Å². The molecule has 0 unspecified atom stereocenters. The molecule has 1 aromatic rings. The van der Waals surface area contributed by atoms with Gasteiger partial charge in [0.2, 0.25) is 5.91 Å². The number of rotatable bonds is 6. The first-order chi connectivity index (χ1) is 10.1. The van der Waals surface area contributed by atoms with E-state index in [1.807, 2.05) is 0 Å². The van der Waals surface area contributed by atoms with Gasteiger partial charge in [-0.2, -0.15) is 0 Å². The second kappa shape index (κ2) is 8.00. The van der Waals surface area contributed by atoms with Crippen LogP contribution in [0.15, 0.2) is 24.3 Å². The van der Waals surface area contributed by atoms with Crippen molar-refractivity contribution in [3.8, 4) is 5.75 Å². The summed E-state index contributed by atoms with van der Waals surface area (Å²) in [5.41, 5.74) is 5.70. The van der Waals surface area contributed by atoms with E-state index in [4.69, 9.17) is 15.2 Å². The predicted molar refractivity (Wildman–Crippen MR) is 81.5 cm³/mol. The van der Waals surface area contributed by atoms with Crippen LogP contribution in [0.3, 0.4) is 0 Å². The van der Waals surface area contributed by atoms with Gasteiger partial charge in [-0.05, 0) is 44.0 Å². The van der Waals surface area contributed by atoms with Crippen LogP contribution in [0, 0.1) is 0 Å². The van der Waals surface area contributed by atoms with Gasteiger partial charge in [-0.1, -0.05) is 0 Å². The van der Waals surface area contributed by atoms with Gasteiger partial charge in [-0.15, -0.1) is 0 Å². The van der Waals surface area contributed by atoms with Gasteiger partial charge in [0, 0.05) is 31.8 Å². The zero-order valence-electron chi connectivity index (χ0n) is 12.6. The highest BCUT2D eigenvalue weighted by Gasteiger charge is 2.14. The van der Waals surface area contributed by atoms with E-state index < -0.39 is 5.91 Å². The van der Waals surface area contributed by atoms with Gasteiger partial charge in [0.1, 0.15) is 5.75 Å². The van der Waals surface area contributed by atoms with Gasteiger partial charge in [0.15, 0.2) is 0 Å². The molecule has 116 valence electrons. The third-order valence-electron chi connectivity index (χ3n) is 3.56. The number of hydrogen-bond donors (Lipinski definition) is 1. The summed E-state index contributed by atoms with van der Waals surface area (Å²) in [4.78, 5) is 13.4. The quantitative estimate of drug-likeness (QED) is 0.810. The average Bonchev–Trinajstić information content (AvgIpc) is 2.68. The molecule has 1 saturated heterocycles. The SMILES string of the molecule is C[C@H]1CN(CCCOc2ccc(C(N)=O)cc2)CCCO1. The van der Waals surface area contributed by atoms with Gasteiger partial charge >= 0.3 is 0 Å². The van der Waals surface area contributed by atoms with Gasteiger partial charge in [-0.3, -0.25) is 4.79 Å². The summed E-state index contributed by atoms with van der Waals surface area (Å²) in [6.45, 7) is 6.76. The zero-order chi connectivity index (χ0) is 15.1. The lowest BCUT2D eigenvalue weighted by Crippen LogP contribution is -2.31. The lowest BCUT2D eigenvalue weighted by atomic mass is 10.2. The molecule has 1 amide bonds. The summed E-state index contributed by atoms with van der Waals surface area (Å²) < 4.78 is 11.3. The van der Waals surface area contributed by atoms with Gasteiger partial charge in [0.25, 0.3) is 0 Å². The topological polar surface area (TPSA) is 64.8 Å². The Balaban J connectivity index is 1.68. The monoisotopic (exact) mass is 292 g/mol. The minimum absolute atomic E-state index is 0.315. The van der Waals surface area contributed by atoms with E-state index >= 15 is 0 Å². The second-order valence-corrected chi connectivity index (χ2v) is 5.43. The Bertz CT molecular complexity index is 447. The third kappa shape index (κ3) is 5.36. The summed E-state index contributed by atoms with van der Waals surface area (Å²) in [6, 6.07) is 6.93. The molecule has 1 atom stereocenters. The van der Waals surface area contributed by atoms with Crippen molar-refractivity contribution < 1.29 is 14.3 Å². The minimum Gasteiger partial charge on any atom is -0.494 e. The highest BCUT2D eigenvalue weighted by molar-refractivity contribution is 5.92. The molecular weight excluding hydrogens is 268 g/mol. The lowest BCUT2D eigenvalue weighted by molar-refractivity contribution is 0.0670. The molecule has 1 aliphatic rings. The number of ether oxygens (including phenoxy) is 2. The molecule has 2 rings (SSSR count). The summed E-state index contributed by atoms with van der Waals surface area (Å²) in [5.74, 6) is 0.353. The highest BCUT2D eigenvalue weighted by Crippen LogP contribution is 2.12. The second-order valence-electron chi connectivity index (χ2n) is 5.43. The van der Waals surface area contributed by atoms with Crippen LogP contribution >= 0.6 is 0 Å². The Morgan fingerprint density at radius 1 is 1.43 bits per heavy atom. The number of carbonyl (C=O) groups excluding carboxylic acids is 1. The van der Waals surface area contributed by atoms with Gasteiger partial charge in [-0.25, -0.2) is 0 Å². The fourth-order valence-electron chi connectivity index (χ4n) is 2.48. The third-order valence-corrected chi connectivity index (χ3v) is 3.56. The van der Waals surface area contributed by atoms with Crippen molar-refractivity contribution in [3.05, 3.63) is 29.8 Å². The number of benzene rings is 1. The Morgan fingerprint density at radius 3 is 2.90 bits per heavy atom. The first-order valence-electron chi connectivity index (χ1n) is 7.52. The standard InChI is InChI=1S/C16H24N2O3/c1-13-12-18(8-2-10-20-13)9-3-11-21-15-6-4-14(5-7-15)16(17)19/h4-7,13H,2-3,8-12H2,1H3,(H2,17,19)/t13-/m0/s1. The molecule has 1 aromatic carbocycles. The Kier molecular flexibility index (Phi) is 6.02. The van der Waals surface area contributed by atoms with E-state index in [1.165, 1.54) is 0 Å². The maximum atomic E-state index is 11.0. The predicted octanol–water partition coefficient (Wildman–Crippen LogP) is 1.67. The minimum atomic E-state index is -0.418. The Hall–Kier alpha value is -1.59. The number of hydrogen-bond acceptors (Lipinski definition) is 4. The molecule has 5 heteroatoms. The molecule has 1 fully saturated rings. The van der Waals surface area contributed by atoms with E-state index in [1.54, 1.807) is 24.3 Å². The fourth-order valence-corrected chi connectivity index (χ4v) is 2.48. The molecule has 21 heavy (non-hydrogen) atoms. The molecule has 0 radical (unpaired) electrons. The molecule has 0 aromatic heterocycles. The zero-order valence-corrected chi connectivity index (χ0v) is 12.6. The van der Waals surface area contributed by atoms with Crippen molar-refractivity contribution in [2.75, 3.05) is 32.8 Å². The van der Waals surface area contributed by atoms with Crippen LogP contribution in [0.25, 0.3) is 0 Å². The van der Waals surface area contributed by atoms with Crippen molar-refractivity contribution in [2.45, 2.75) is 25.9 Å². The molecule has 0 spiro atoms. The first-order valence-corrected chi connectivity index (χ1v) is 7.52. The van der Waals surface area contributed by atoms with Crippen LogP contribution in [0.5, 0.6) is 5.75 Å². The van der Waals surface area contributed by atoms with E-state index in [9.17, 15) is 4.79 Å². The molecule has 1 heterocycles. The summed E-state index contributed by atoms with van der Waals surface area (Å²) in [6.07, 6.45) is 2.39. The maximum absolute atomic E-state index is 11.0. The van der Waals surface area contributed by atoms with Gasteiger partial charge in [0.05, 0.1) is 12.7 Å². The Morgan fingerprint density at radius 2 is 2.19 bits per heavy atom. The van der Waals surface area contributed by atoms with E-state index in [2.05, 4.69) is 11.8 Å². The van der Waals surface area contributed by atoms with Crippen LogP contribution in [0.1, 0.15) is 30.1 Å². The normalized spacial score (nSPS) is 20.0.